The van der Waals surface area contributed by atoms with Gasteiger partial charge in [0.25, 0.3) is 5.56 Å². The van der Waals surface area contributed by atoms with E-state index in [4.69, 9.17) is 21.3 Å². The van der Waals surface area contributed by atoms with Crippen molar-refractivity contribution in [2.45, 2.75) is 33.8 Å². The van der Waals surface area contributed by atoms with Crippen LogP contribution in [0.4, 0.5) is 0 Å². The molecule has 5 aromatic rings. The lowest BCUT2D eigenvalue weighted by Gasteiger charge is -2.16. The maximum atomic E-state index is 12.1. The van der Waals surface area contributed by atoms with E-state index in [0.29, 0.717) is 27.6 Å². The number of para-hydroxylation sites is 1. The molecular weight excluding hydrogens is 488 g/mol. The second kappa shape index (κ2) is 9.88. The molecule has 0 spiro atoms. The van der Waals surface area contributed by atoms with Crippen molar-refractivity contribution in [1.29, 1.82) is 5.26 Å². The van der Waals surface area contributed by atoms with E-state index in [-0.39, 0.29) is 18.6 Å². The molecule has 0 fully saturated rings. The summed E-state index contributed by atoms with van der Waals surface area (Å²) in [6.45, 7) is 5.94. The van der Waals surface area contributed by atoms with Crippen molar-refractivity contribution in [2.24, 2.45) is 0 Å². The Hall–Kier alpha value is -4.48. The van der Waals surface area contributed by atoms with Crippen molar-refractivity contribution in [3.05, 3.63) is 104 Å². The topological polar surface area (TPSA) is 120 Å². The molecule has 0 radical (unpaired) electrons. The van der Waals surface area contributed by atoms with E-state index >= 15 is 0 Å². The molecule has 8 nitrogen and oxygen atoms in total. The van der Waals surface area contributed by atoms with Gasteiger partial charge in [0.1, 0.15) is 29.5 Å². The third-order valence-electron chi connectivity index (χ3n) is 6.20. The average Bonchev–Trinajstić information content (AvgIpc) is 3.29. The molecule has 4 aromatic heterocycles. The second-order valence-electron chi connectivity index (χ2n) is 8.85. The van der Waals surface area contributed by atoms with Gasteiger partial charge in [-0.1, -0.05) is 23.7 Å². The Bertz CT molecular complexity index is 1750. The lowest BCUT2D eigenvalue weighted by molar-refractivity contribution is 0.307. The fourth-order valence-corrected chi connectivity index (χ4v) is 4.75. The number of halogens is 1. The zero-order chi connectivity index (χ0) is 26.1. The van der Waals surface area contributed by atoms with Gasteiger partial charge in [0.05, 0.1) is 22.6 Å². The van der Waals surface area contributed by atoms with Gasteiger partial charge in [-0.15, -0.1) is 0 Å². The molecule has 2 N–H and O–H groups in total. The molecule has 0 aliphatic carbocycles. The Morgan fingerprint density at radius 1 is 1.11 bits per heavy atom. The van der Waals surface area contributed by atoms with Crippen molar-refractivity contribution in [3.8, 4) is 23.1 Å². The molecule has 184 valence electrons. The van der Waals surface area contributed by atoms with Gasteiger partial charge in [0.15, 0.2) is 0 Å². The second-order valence-corrected chi connectivity index (χ2v) is 9.25. The number of pyridine rings is 3. The lowest BCUT2D eigenvalue weighted by atomic mass is 10.0. The molecule has 0 aliphatic heterocycles. The molecule has 0 amide bonds. The summed E-state index contributed by atoms with van der Waals surface area (Å²) in [7, 11) is 0. The van der Waals surface area contributed by atoms with Gasteiger partial charge in [-0.25, -0.2) is 4.98 Å². The fourth-order valence-electron chi connectivity index (χ4n) is 4.43. The van der Waals surface area contributed by atoms with Crippen molar-refractivity contribution in [2.75, 3.05) is 0 Å². The lowest BCUT2D eigenvalue weighted by Crippen LogP contribution is -2.14. The maximum Gasteiger partial charge on any atom is 0.266 e. The highest BCUT2D eigenvalue weighted by Gasteiger charge is 2.17. The van der Waals surface area contributed by atoms with E-state index in [2.05, 4.69) is 20.2 Å². The number of nitriles is 1. The molecule has 37 heavy (non-hydrogen) atoms. The van der Waals surface area contributed by atoms with Gasteiger partial charge in [-0.3, -0.25) is 14.9 Å². The highest BCUT2D eigenvalue weighted by Crippen LogP contribution is 2.34. The average molecular weight is 511 g/mol. The smallest absolute Gasteiger partial charge is 0.266 e. The normalized spacial score (nSPS) is 11.0. The van der Waals surface area contributed by atoms with Crippen LogP contribution in [0.25, 0.3) is 22.2 Å². The third-order valence-corrected chi connectivity index (χ3v) is 6.54. The molecule has 0 atom stereocenters. The highest BCUT2D eigenvalue weighted by molar-refractivity contribution is 6.31. The van der Waals surface area contributed by atoms with Gasteiger partial charge in [0.2, 0.25) is 0 Å². The van der Waals surface area contributed by atoms with Crippen molar-refractivity contribution < 1.29 is 4.74 Å². The predicted molar refractivity (Wildman–Crippen MR) is 142 cm³/mol. The number of hydrogen-bond acceptors (Lipinski definition) is 6. The van der Waals surface area contributed by atoms with Crippen molar-refractivity contribution >= 4 is 22.5 Å². The SMILES string of the molecule is Cc1cc(Cl)c(COc2cccc3c(-c4[nH]ncc4C)cc(C)nc23)c(Cc2cc[nH]c(=O)c2C#N)n1. The summed E-state index contributed by atoms with van der Waals surface area (Å²) >= 11 is 6.65. The molecule has 1 aromatic carbocycles. The Labute approximate surface area is 218 Å². The van der Waals surface area contributed by atoms with Crippen molar-refractivity contribution in [1.82, 2.24) is 25.1 Å². The van der Waals surface area contributed by atoms with Crippen LogP contribution in [0.1, 0.15) is 39.3 Å². The van der Waals surface area contributed by atoms with Crippen molar-refractivity contribution in [3.63, 3.8) is 0 Å². The zero-order valence-electron chi connectivity index (χ0n) is 20.5. The summed E-state index contributed by atoms with van der Waals surface area (Å²) in [6.07, 6.45) is 3.59. The quantitative estimate of drug-likeness (QED) is 0.318. The minimum atomic E-state index is -0.433. The molecule has 0 saturated heterocycles. The molecule has 0 saturated carbocycles. The monoisotopic (exact) mass is 510 g/mol. The molecule has 0 unspecified atom stereocenters. The van der Waals surface area contributed by atoms with Crippen LogP contribution < -0.4 is 10.3 Å². The van der Waals surface area contributed by atoms with Crippen LogP contribution in [0, 0.1) is 32.1 Å². The molecule has 0 aliphatic rings. The summed E-state index contributed by atoms with van der Waals surface area (Å²) in [5.74, 6) is 0.607. The number of rotatable bonds is 6. The van der Waals surface area contributed by atoms with Gasteiger partial charge in [-0.2, -0.15) is 10.4 Å². The maximum absolute atomic E-state index is 12.1. The number of nitrogens with zero attached hydrogens (tertiary/aromatic N) is 4. The number of nitrogens with one attached hydrogen (secondary N) is 2. The number of aromatic amines is 2. The fraction of sp³-hybridized carbons (Fsp3) is 0.179. The minimum Gasteiger partial charge on any atom is -0.486 e. The van der Waals surface area contributed by atoms with E-state index in [1.54, 1.807) is 18.3 Å². The highest BCUT2D eigenvalue weighted by atomic mass is 35.5. The van der Waals surface area contributed by atoms with Crippen LogP contribution in [0.3, 0.4) is 0 Å². The van der Waals surface area contributed by atoms with E-state index in [1.807, 2.05) is 51.1 Å². The first-order valence-corrected chi connectivity index (χ1v) is 12.0. The van der Waals surface area contributed by atoms with E-state index < -0.39 is 5.56 Å². The van der Waals surface area contributed by atoms with E-state index in [1.165, 1.54) is 6.20 Å². The first-order chi connectivity index (χ1) is 17.9. The van der Waals surface area contributed by atoms with Gasteiger partial charge >= 0.3 is 0 Å². The van der Waals surface area contributed by atoms with Crippen LogP contribution >= 0.6 is 11.6 Å². The Morgan fingerprint density at radius 3 is 2.68 bits per heavy atom. The standard InChI is InChI=1S/C28H23ClN6O2/c1-15-13-32-35-26(15)20-9-16(2)34-27-19(20)5-4-6-25(27)37-14-22-23(29)10-17(3)33-24(22)11-18-7-8-31-28(36)21(18)12-30/h4-10,13H,11,14H2,1-3H3,(H,31,36)(H,32,35). The summed E-state index contributed by atoms with van der Waals surface area (Å²) in [5.41, 5.74) is 6.81. The van der Waals surface area contributed by atoms with Gasteiger partial charge in [0, 0.05) is 40.5 Å². The van der Waals surface area contributed by atoms with Crippen LogP contribution in [0.5, 0.6) is 5.75 Å². The molecule has 9 heteroatoms. The summed E-state index contributed by atoms with van der Waals surface area (Å²) in [5, 5.41) is 18.2. The number of aromatic nitrogens is 5. The van der Waals surface area contributed by atoms with E-state index in [9.17, 15) is 10.1 Å². The van der Waals surface area contributed by atoms with Gasteiger partial charge < -0.3 is 9.72 Å². The number of H-pyrrole nitrogens is 2. The number of ether oxygens (including phenoxy) is 1. The Balaban J connectivity index is 1.54. The molecule has 0 bridgehead atoms. The first kappa shape index (κ1) is 24.2. The number of hydrogen-bond donors (Lipinski definition) is 2. The Morgan fingerprint density at radius 2 is 1.92 bits per heavy atom. The number of fused-ring (bicyclic) bond motifs is 1. The summed E-state index contributed by atoms with van der Waals surface area (Å²) < 4.78 is 6.30. The number of benzene rings is 1. The van der Waals surface area contributed by atoms with E-state index in [0.717, 1.165) is 39.1 Å². The zero-order valence-corrected chi connectivity index (χ0v) is 21.3. The third kappa shape index (κ3) is 4.69. The molecular formula is C28H23ClN6O2. The predicted octanol–water partition coefficient (Wildman–Crippen LogP) is 5.33. The van der Waals surface area contributed by atoms with Crippen LogP contribution in [0.15, 0.2) is 53.6 Å². The van der Waals surface area contributed by atoms with Crippen LogP contribution in [-0.2, 0) is 13.0 Å². The Kier molecular flexibility index (Phi) is 6.47. The summed E-state index contributed by atoms with van der Waals surface area (Å²) in [6, 6.07) is 13.3. The van der Waals surface area contributed by atoms with Gasteiger partial charge in [-0.05, 0) is 56.2 Å². The number of aryl methyl sites for hydroxylation is 3. The van der Waals surface area contributed by atoms with Crippen LogP contribution in [-0.4, -0.2) is 25.1 Å². The molecule has 5 rings (SSSR count). The molecule has 4 heterocycles. The summed E-state index contributed by atoms with van der Waals surface area (Å²) in [4.78, 5) is 24.1. The minimum absolute atomic E-state index is 0.0594. The largest absolute Gasteiger partial charge is 0.486 e. The van der Waals surface area contributed by atoms with Crippen LogP contribution in [0.2, 0.25) is 5.02 Å². The first-order valence-electron chi connectivity index (χ1n) is 11.6.